The maximum absolute atomic E-state index is 13.0. The normalized spacial score (nSPS) is 30.1. The summed E-state index contributed by atoms with van der Waals surface area (Å²) in [4.78, 5) is 40.7. The van der Waals surface area contributed by atoms with Gasteiger partial charge in [0.2, 0.25) is 11.8 Å². The molecule has 1 aromatic rings. The van der Waals surface area contributed by atoms with Crippen molar-refractivity contribution < 1.29 is 14.4 Å². The second kappa shape index (κ2) is 7.54. The van der Waals surface area contributed by atoms with Gasteiger partial charge < -0.3 is 10.2 Å². The van der Waals surface area contributed by atoms with Gasteiger partial charge in [-0.1, -0.05) is 12.1 Å². The van der Waals surface area contributed by atoms with E-state index < -0.39 is 6.04 Å². The highest BCUT2D eigenvalue weighted by molar-refractivity contribution is 6.05. The summed E-state index contributed by atoms with van der Waals surface area (Å²) in [5.74, 6) is 0.0318. The molecule has 4 aliphatic rings. The van der Waals surface area contributed by atoms with Crippen molar-refractivity contribution in [2.24, 2.45) is 5.92 Å². The quantitative estimate of drug-likeness (QED) is 0.746. The van der Waals surface area contributed by atoms with Crippen LogP contribution in [0.1, 0.15) is 53.6 Å². The molecule has 5 rings (SSSR count). The van der Waals surface area contributed by atoms with Crippen molar-refractivity contribution in [2.45, 2.75) is 57.3 Å². The SMILES string of the molecule is O=C1CCC(N2Cc3ccc(CN4CCC5NCCCC5C4)cc3C2=O)C(=O)N1. The summed E-state index contributed by atoms with van der Waals surface area (Å²) in [5.41, 5.74) is 2.84. The minimum Gasteiger partial charge on any atom is -0.322 e. The van der Waals surface area contributed by atoms with Crippen molar-refractivity contribution in [2.75, 3.05) is 19.6 Å². The van der Waals surface area contributed by atoms with Gasteiger partial charge in [0.1, 0.15) is 6.04 Å². The molecule has 4 heterocycles. The summed E-state index contributed by atoms with van der Waals surface area (Å²) in [6.07, 6.45) is 4.45. The molecule has 3 fully saturated rings. The van der Waals surface area contributed by atoms with Gasteiger partial charge in [0.15, 0.2) is 0 Å². The molecule has 0 spiro atoms. The number of nitrogens with one attached hydrogen (secondary N) is 2. The first-order chi connectivity index (χ1) is 14.1. The van der Waals surface area contributed by atoms with Crippen molar-refractivity contribution in [3.8, 4) is 0 Å². The molecule has 7 nitrogen and oxygen atoms in total. The molecule has 2 N–H and O–H groups in total. The maximum Gasteiger partial charge on any atom is 0.255 e. The van der Waals surface area contributed by atoms with Crippen LogP contribution in [0.5, 0.6) is 0 Å². The van der Waals surface area contributed by atoms with E-state index in [9.17, 15) is 14.4 Å². The van der Waals surface area contributed by atoms with Crippen molar-refractivity contribution in [3.05, 3.63) is 34.9 Å². The van der Waals surface area contributed by atoms with E-state index in [0.717, 1.165) is 43.2 Å². The zero-order valence-electron chi connectivity index (χ0n) is 16.7. The molecule has 4 aliphatic heterocycles. The predicted molar refractivity (Wildman–Crippen MR) is 107 cm³/mol. The van der Waals surface area contributed by atoms with Gasteiger partial charge in [-0.3, -0.25) is 24.6 Å². The lowest BCUT2D eigenvalue weighted by atomic mass is 9.85. The molecule has 0 bridgehead atoms. The molecule has 3 atom stereocenters. The fraction of sp³-hybridized carbons (Fsp3) is 0.591. The van der Waals surface area contributed by atoms with Crippen molar-refractivity contribution >= 4 is 17.7 Å². The number of benzene rings is 1. The Morgan fingerprint density at radius 3 is 2.86 bits per heavy atom. The minimum absolute atomic E-state index is 0.0912. The fourth-order valence-corrected chi connectivity index (χ4v) is 5.42. The van der Waals surface area contributed by atoms with Crippen LogP contribution in [-0.2, 0) is 22.7 Å². The molecule has 3 amide bonds. The summed E-state index contributed by atoms with van der Waals surface area (Å²) < 4.78 is 0. The van der Waals surface area contributed by atoms with Crippen LogP contribution < -0.4 is 10.6 Å². The summed E-state index contributed by atoms with van der Waals surface area (Å²) in [5, 5.41) is 6.02. The topological polar surface area (TPSA) is 81.8 Å². The van der Waals surface area contributed by atoms with E-state index in [1.165, 1.54) is 19.3 Å². The third kappa shape index (κ3) is 3.57. The Bertz CT molecular complexity index is 854. The van der Waals surface area contributed by atoms with Crippen molar-refractivity contribution in [1.29, 1.82) is 0 Å². The van der Waals surface area contributed by atoms with E-state index in [0.29, 0.717) is 24.6 Å². The number of carbonyl (C=O) groups excluding carboxylic acids is 3. The molecule has 0 saturated carbocycles. The monoisotopic (exact) mass is 396 g/mol. The summed E-state index contributed by atoms with van der Waals surface area (Å²) in [6.45, 7) is 4.66. The summed E-state index contributed by atoms with van der Waals surface area (Å²) >= 11 is 0. The molecule has 3 saturated heterocycles. The van der Waals surface area contributed by atoms with E-state index in [1.54, 1.807) is 4.90 Å². The fourth-order valence-electron chi connectivity index (χ4n) is 5.42. The van der Waals surface area contributed by atoms with Crippen LogP contribution in [0.2, 0.25) is 0 Å². The lowest BCUT2D eigenvalue weighted by Crippen LogP contribution is -2.52. The van der Waals surface area contributed by atoms with Gasteiger partial charge in [-0.15, -0.1) is 0 Å². The number of piperidine rings is 3. The Kier molecular flexibility index (Phi) is 4.87. The number of nitrogens with zero attached hydrogens (tertiary/aromatic N) is 2. The average molecular weight is 396 g/mol. The lowest BCUT2D eigenvalue weighted by Gasteiger charge is -2.41. The second-order valence-electron chi connectivity index (χ2n) is 8.88. The van der Waals surface area contributed by atoms with Crippen LogP contribution in [0.3, 0.4) is 0 Å². The summed E-state index contributed by atoms with van der Waals surface area (Å²) in [6, 6.07) is 6.28. The number of likely N-dealkylation sites (tertiary alicyclic amines) is 1. The highest BCUT2D eigenvalue weighted by Gasteiger charge is 2.39. The Morgan fingerprint density at radius 2 is 2.00 bits per heavy atom. The highest BCUT2D eigenvalue weighted by atomic mass is 16.2. The van der Waals surface area contributed by atoms with Crippen LogP contribution in [0.25, 0.3) is 0 Å². The highest BCUT2D eigenvalue weighted by Crippen LogP contribution is 2.30. The van der Waals surface area contributed by atoms with Crippen LogP contribution in [0.4, 0.5) is 0 Å². The molecule has 7 heteroatoms. The lowest BCUT2D eigenvalue weighted by molar-refractivity contribution is -0.136. The predicted octanol–water partition coefficient (Wildman–Crippen LogP) is 1.02. The number of carbonyl (C=O) groups is 3. The van der Waals surface area contributed by atoms with E-state index in [4.69, 9.17) is 0 Å². The Morgan fingerprint density at radius 1 is 1.10 bits per heavy atom. The molecule has 29 heavy (non-hydrogen) atoms. The third-order valence-corrected chi connectivity index (χ3v) is 6.98. The number of hydrogen-bond donors (Lipinski definition) is 2. The molecule has 1 aromatic carbocycles. The molecule has 0 aliphatic carbocycles. The van der Waals surface area contributed by atoms with E-state index >= 15 is 0 Å². The molecule has 3 unspecified atom stereocenters. The number of rotatable bonds is 3. The Hall–Kier alpha value is -2.25. The van der Waals surface area contributed by atoms with Gasteiger partial charge in [-0.05, 0) is 61.9 Å². The van der Waals surface area contributed by atoms with Crippen molar-refractivity contribution in [3.63, 3.8) is 0 Å². The van der Waals surface area contributed by atoms with E-state index in [2.05, 4.69) is 21.6 Å². The van der Waals surface area contributed by atoms with E-state index in [1.807, 2.05) is 12.1 Å². The number of hydrogen-bond acceptors (Lipinski definition) is 5. The smallest absolute Gasteiger partial charge is 0.255 e. The standard InChI is InChI=1S/C22H28N4O3/c27-20-6-5-19(21(28)24-20)26-13-15-4-3-14(10-17(15)22(26)29)11-25-9-7-18-16(12-25)2-1-8-23-18/h3-4,10,16,18-19,23H,1-2,5-9,11-13H2,(H,24,27,28). The summed E-state index contributed by atoms with van der Waals surface area (Å²) in [7, 11) is 0. The van der Waals surface area contributed by atoms with Gasteiger partial charge in [-0.25, -0.2) is 0 Å². The Labute approximate surface area is 170 Å². The number of amides is 3. The third-order valence-electron chi connectivity index (χ3n) is 6.98. The zero-order valence-corrected chi connectivity index (χ0v) is 16.7. The first-order valence-electron chi connectivity index (χ1n) is 10.8. The zero-order chi connectivity index (χ0) is 20.0. The molecular weight excluding hydrogens is 368 g/mol. The molecule has 154 valence electrons. The number of imide groups is 1. The molecule has 0 radical (unpaired) electrons. The van der Waals surface area contributed by atoms with Crippen LogP contribution in [-0.4, -0.2) is 59.2 Å². The van der Waals surface area contributed by atoms with Gasteiger partial charge in [0.25, 0.3) is 5.91 Å². The van der Waals surface area contributed by atoms with Crippen LogP contribution in [0, 0.1) is 5.92 Å². The van der Waals surface area contributed by atoms with Crippen LogP contribution in [0.15, 0.2) is 18.2 Å². The van der Waals surface area contributed by atoms with Gasteiger partial charge in [0, 0.05) is 37.7 Å². The maximum atomic E-state index is 13.0. The Balaban J connectivity index is 1.27. The first kappa shape index (κ1) is 18.8. The van der Waals surface area contributed by atoms with Gasteiger partial charge >= 0.3 is 0 Å². The molecular formula is C22H28N4O3. The first-order valence-corrected chi connectivity index (χ1v) is 10.8. The van der Waals surface area contributed by atoms with Gasteiger partial charge in [0.05, 0.1) is 0 Å². The largest absolute Gasteiger partial charge is 0.322 e. The second-order valence-corrected chi connectivity index (χ2v) is 8.88. The van der Waals surface area contributed by atoms with E-state index in [-0.39, 0.29) is 24.1 Å². The van der Waals surface area contributed by atoms with Crippen LogP contribution >= 0.6 is 0 Å². The minimum atomic E-state index is -0.547. The van der Waals surface area contributed by atoms with Gasteiger partial charge in [-0.2, -0.15) is 0 Å². The molecule has 0 aromatic heterocycles. The number of fused-ring (bicyclic) bond motifs is 2. The van der Waals surface area contributed by atoms with Crippen molar-refractivity contribution in [1.82, 2.24) is 20.4 Å². The average Bonchev–Trinajstić information content (AvgIpc) is 3.04.